The van der Waals surface area contributed by atoms with Crippen molar-refractivity contribution in [3.05, 3.63) is 230 Å². The molecule has 280 valence electrons. The normalized spacial score (nSPS) is 12.7. The van der Waals surface area contributed by atoms with Crippen molar-refractivity contribution in [3.63, 3.8) is 0 Å². The number of anilines is 3. The van der Waals surface area contributed by atoms with Crippen LogP contribution in [0.1, 0.15) is 25.0 Å². The molecule has 1 aliphatic rings. The third-order valence-corrected chi connectivity index (χ3v) is 12.4. The number of hydrogen-bond acceptors (Lipinski definition) is 1. The van der Waals surface area contributed by atoms with Crippen LogP contribution in [0.2, 0.25) is 0 Å². The van der Waals surface area contributed by atoms with E-state index in [-0.39, 0.29) is 5.41 Å². The molecule has 10 aromatic rings. The van der Waals surface area contributed by atoms with Crippen LogP contribution in [0.3, 0.4) is 0 Å². The topological polar surface area (TPSA) is 8.17 Å². The van der Waals surface area contributed by atoms with Gasteiger partial charge in [-0.3, -0.25) is 0 Å². The van der Waals surface area contributed by atoms with E-state index in [4.69, 9.17) is 0 Å². The fourth-order valence-corrected chi connectivity index (χ4v) is 9.61. The largest absolute Gasteiger partial charge is 0.309 e. The number of aromatic nitrogens is 1. The Labute approximate surface area is 345 Å². The minimum Gasteiger partial charge on any atom is -0.309 e. The summed E-state index contributed by atoms with van der Waals surface area (Å²) >= 11 is 0. The molecule has 0 spiro atoms. The quantitative estimate of drug-likeness (QED) is 0.157. The average Bonchev–Trinajstić information content (AvgIpc) is 3.76. The van der Waals surface area contributed by atoms with Crippen LogP contribution in [0.5, 0.6) is 0 Å². The number of rotatable bonds is 7. The lowest BCUT2D eigenvalue weighted by Gasteiger charge is -2.29. The van der Waals surface area contributed by atoms with Crippen molar-refractivity contribution in [2.75, 3.05) is 4.90 Å². The highest BCUT2D eigenvalue weighted by Crippen LogP contribution is 2.54. The zero-order valence-electron chi connectivity index (χ0n) is 33.2. The average molecular weight is 755 g/mol. The predicted molar refractivity (Wildman–Crippen MR) is 249 cm³/mol. The fourth-order valence-electron chi connectivity index (χ4n) is 9.61. The van der Waals surface area contributed by atoms with Crippen LogP contribution < -0.4 is 4.90 Å². The van der Waals surface area contributed by atoms with E-state index in [2.05, 4.69) is 242 Å². The molecule has 0 bridgehead atoms. The van der Waals surface area contributed by atoms with Gasteiger partial charge in [-0.15, -0.1) is 0 Å². The van der Waals surface area contributed by atoms with Gasteiger partial charge in [0, 0.05) is 33.1 Å². The molecule has 0 fully saturated rings. The molecule has 2 heteroatoms. The summed E-state index contributed by atoms with van der Waals surface area (Å²) in [6.07, 6.45) is 0. The van der Waals surface area contributed by atoms with Crippen LogP contribution in [0.4, 0.5) is 17.1 Å². The van der Waals surface area contributed by atoms with Crippen molar-refractivity contribution in [1.29, 1.82) is 0 Å². The van der Waals surface area contributed by atoms with E-state index in [0.29, 0.717) is 0 Å². The molecule has 0 amide bonds. The second-order valence-corrected chi connectivity index (χ2v) is 16.1. The van der Waals surface area contributed by atoms with Gasteiger partial charge in [-0.25, -0.2) is 0 Å². The van der Waals surface area contributed by atoms with E-state index in [9.17, 15) is 0 Å². The lowest BCUT2D eigenvalue weighted by atomic mass is 9.82. The molecular formula is C57H42N2. The molecule has 1 aliphatic carbocycles. The van der Waals surface area contributed by atoms with E-state index >= 15 is 0 Å². The summed E-state index contributed by atoms with van der Waals surface area (Å²) in [7, 11) is 0. The second-order valence-electron chi connectivity index (χ2n) is 16.1. The molecule has 11 rings (SSSR count). The Hall–Kier alpha value is -7.42. The van der Waals surface area contributed by atoms with Crippen molar-refractivity contribution in [1.82, 2.24) is 4.57 Å². The molecule has 9 aromatic carbocycles. The van der Waals surface area contributed by atoms with E-state index in [1.165, 1.54) is 77.4 Å². The van der Waals surface area contributed by atoms with Gasteiger partial charge in [-0.1, -0.05) is 184 Å². The standard InChI is InChI=1S/C57H42N2/c1-57(2)49-25-12-9-22-47(49)55-46(24-15-26-50(55)57)45-21-10-13-27-51(45)59(44-37-35-42(36-38-44)41-33-31-40(32-34-41)39-17-5-3-6-18-39)54-30-16-29-53-56(54)48-23-11-14-28-52(48)58(53)43-19-7-4-8-20-43/h3-38H,1-2H3. The van der Waals surface area contributed by atoms with Gasteiger partial charge in [0.2, 0.25) is 0 Å². The van der Waals surface area contributed by atoms with Crippen LogP contribution in [-0.4, -0.2) is 4.57 Å². The minimum atomic E-state index is -0.101. The van der Waals surface area contributed by atoms with Gasteiger partial charge in [0.05, 0.1) is 22.4 Å². The lowest BCUT2D eigenvalue weighted by Crippen LogP contribution is -2.15. The minimum absolute atomic E-state index is 0.101. The number of hydrogen-bond donors (Lipinski definition) is 0. The number of fused-ring (bicyclic) bond motifs is 6. The SMILES string of the molecule is CC1(C)c2ccccc2-c2c(-c3ccccc3N(c3ccc(-c4ccc(-c5ccccc5)cc4)cc3)c3cccc4c3c3ccccc3n4-c3ccccc3)cccc21. The van der Waals surface area contributed by atoms with Gasteiger partial charge in [-0.2, -0.15) is 0 Å². The first kappa shape index (κ1) is 34.8. The van der Waals surface area contributed by atoms with Gasteiger partial charge < -0.3 is 9.47 Å². The smallest absolute Gasteiger partial charge is 0.0562 e. The molecule has 0 aliphatic heterocycles. The van der Waals surface area contributed by atoms with Crippen molar-refractivity contribution >= 4 is 38.9 Å². The van der Waals surface area contributed by atoms with Gasteiger partial charge in [0.25, 0.3) is 0 Å². The van der Waals surface area contributed by atoms with E-state index in [1.807, 2.05) is 0 Å². The third-order valence-electron chi connectivity index (χ3n) is 12.4. The Morgan fingerprint density at radius 3 is 1.63 bits per heavy atom. The summed E-state index contributed by atoms with van der Waals surface area (Å²) < 4.78 is 2.41. The molecule has 59 heavy (non-hydrogen) atoms. The van der Waals surface area contributed by atoms with Crippen LogP contribution in [0.25, 0.3) is 72.0 Å². The maximum absolute atomic E-state index is 2.49. The Morgan fingerprint density at radius 2 is 0.881 bits per heavy atom. The molecule has 0 N–H and O–H groups in total. The van der Waals surface area contributed by atoms with E-state index < -0.39 is 0 Å². The van der Waals surface area contributed by atoms with Gasteiger partial charge in [0.1, 0.15) is 0 Å². The first-order valence-corrected chi connectivity index (χ1v) is 20.5. The summed E-state index contributed by atoms with van der Waals surface area (Å²) in [5.41, 5.74) is 19.4. The molecule has 0 saturated carbocycles. The molecule has 1 heterocycles. The Bertz CT molecular complexity index is 3150. The highest BCUT2D eigenvalue weighted by atomic mass is 15.2. The maximum Gasteiger partial charge on any atom is 0.0562 e. The first-order valence-electron chi connectivity index (χ1n) is 20.5. The molecule has 0 atom stereocenters. The third kappa shape index (κ3) is 5.63. The summed E-state index contributed by atoms with van der Waals surface area (Å²) in [6, 6.07) is 79.8. The molecule has 1 aromatic heterocycles. The molecule has 0 unspecified atom stereocenters. The summed E-state index contributed by atoms with van der Waals surface area (Å²) in [5.74, 6) is 0. The highest BCUT2D eigenvalue weighted by molar-refractivity contribution is 6.17. The number of nitrogens with zero attached hydrogens (tertiary/aromatic N) is 2. The van der Waals surface area contributed by atoms with Crippen molar-refractivity contribution in [2.45, 2.75) is 19.3 Å². The number of para-hydroxylation sites is 3. The lowest BCUT2D eigenvalue weighted by molar-refractivity contribution is 0.660. The van der Waals surface area contributed by atoms with Crippen LogP contribution in [-0.2, 0) is 5.41 Å². The Morgan fingerprint density at radius 1 is 0.373 bits per heavy atom. The molecule has 0 radical (unpaired) electrons. The Balaban J connectivity index is 1.14. The number of benzene rings is 9. The van der Waals surface area contributed by atoms with Gasteiger partial charge in [-0.05, 0) is 98.6 Å². The summed E-state index contributed by atoms with van der Waals surface area (Å²) in [5, 5.41) is 2.43. The molecule has 2 nitrogen and oxygen atoms in total. The zero-order valence-corrected chi connectivity index (χ0v) is 33.2. The highest BCUT2D eigenvalue weighted by Gasteiger charge is 2.37. The van der Waals surface area contributed by atoms with Crippen molar-refractivity contribution in [2.24, 2.45) is 0 Å². The van der Waals surface area contributed by atoms with Crippen LogP contribution >= 0.6 is 0 Å². The maximum atomic E-state index is 2.49. The zero-order chi connectivity index (χ0) is 39.5. The predicted octanol–water partition coefficient (Wildman–Crippen LogP) is 15.6. The first-order chi connectivity index (χ1) is 29.1. The monoisotopic (exact) mass is 754 g/mol. The molecular weight excluding hydrogens is 713 g/mol. The van der Waals surface area contributed by atoms with Gasteiger partial charge >= 0.3 is 0 Å². The summed E-state index contributed by atoms with van der Waals surface area (Å²) in [4.78, 5) is 2.49. The van der Waals surface area contributed by atoms with Crippen molar-refractivity contribution < 1.29 is 0 Å². The fraction of sp³-hybridized carbons (Fsp3) is 0.0526. The van der Waals surface area contributed by atoms with E-state index in [1.54, 1.807) is 0 Å². The van der Waals surface area contributed by atoms with Crippen LogP contribution in [0, 0.1) is 0 Å². The van der Waals surface area contributed by atoms with E-state index in [0.717, 1.165) is 22.7 Å². The van der Waals surface area contributed by atoms with Crippen molar-refractivity contribution in [3.8, 4) is 50.2 Å². The van der Waals surface area contributed by atoms with Gasteiger partial charge in [0.15, 0.2) is 0 Å². The second kappa shape index (κ2) is 13.9. The molecule has 0 saturated heterocycles. The summed E-state index contributed by atoms with van der Waals surface area (Å²) in [6.45, 7) is 4.72. The van der Waals surface area contributed by atoms with Crippen LogP contribution in [0.15, 0.2) is 218 Å². The Kier molecular flexibility index (Phi) is 8.20.